The Labute approximate surface area is 98.0 Å². The van der Waals surface area contributed by atoms with Crippen LogP contribution >= 0.6 is 11.8 Å². The Bertz CT molecular complexity index is 213. The van der Waals surface area contributed by atoms with Crippen molar-refractivity contribution in [1.82, 2.24) is 0 Å². The van der Waals surface area contributed by atoms with Gasteiger partial charge in [-0.3, -0.25) is 0 Å². The molecule has 0 aromatic carbocycles. The summed E-state index contributed by atoms with van der Waals surface area (Å²) in [4.78, 5) is 0. The first-order chi connectivity index (χ1) is 7.16. The second-order valence-corrected chi connectivity index (χ2v) is 7.05. The summed E-state index contributed by atoms with van der Waals surface area (Å²) in [5, 5.41) is 8.73. The lowest BCUT2D eigenvalue weighted by atomic mass is 9.45. The summed E-state index contributed by atoms with van der Waals surface area (Å²) in [7, 11) is 0. The van der Waals surface area contributed by atoms with Gasteiger partial charge in [0, 0.05) is 5.75 Å². The molecule has 0 spiro atoms. The highest BCUT2D eigenvalue weighted by Gasteiger charge is 2.53. The van der Waals surface area contributed by atoms with E-state index >= 15 is 0 Å². The fourth-order valence-electron chi connectivity index (χ4n) is 3.71. The van der Waals surface area contributed by atoms with Crippen molar-refractivity contribution in [2.24, 2.45) is 23.2 Å². The first-order valence-corrected chi connectivity index (χ1v) is 7.50. The first-order valence-electron chi connectivity index (χ1n) is 6.35. The molecule has 0 saturated heterocycles. The minimum atomic E-state index is 0.340. The van der Waals surface area contributed by atoms with Crippen LogP contribution in [0.2, 0.25) is 0 Å². The molecule has 1 N–H and O–H groups in total. The standard InChI is InChI=1S/C13H24OS/c1-13(2)11-4-3-10(12(13)9-11)5-7-15-8-6-14/h10-12,14H,3-9H2,1-2H3. The van der Waals surface area contributed by atoms with Crippen molar-refractivity contribution >= 4 is 11.8 Å². The maximum absolute atomic E-state index is 8.73. The molecular weight excluding hydrogens is 204 g/mol. The van der Waals surface area contributed by atoms with Gasteiger partial charge in [-0.25, -0.2) is 0 Å². The highest BCUT2D eigenvalue weighted by atomic mass is 32.2. The highest BCUT2D eigenvalue weighted by molar-refractivity contribution is 7.99. The molecule has 0 amide bonds. The van der Waals surface area contributed by atoms with Gasteiger partial charge in [0.2, 0.25) is 0 Å². The molecule has 0 aromatic heterocycles. The van der Waals surface area contributed by atoms with Crippen LogP contribution in [-0.2, 0) is 0 Å². The Kier molecular flexibility index (Phi) is 3.67. The number of rotatable bonds is 5. The van der Waals surface area contributed by atoms with E-state index in [9.17, 15) is 0 Å². The highest BCUT2D eigenvalue weighted by Crippen LogP contribution is 2.62. The van der Waals surface area contributed by atoms with Gasteiger partial charge in [0.1, 0.15) is 0 Å². The average molecular weight is 228 g/mol. The Hall–Kier alpha value is 0.310. The number of thioether (sulfide) groups is 1. The van der Waals surface area contributed by atoms with Crippen molar-refractivity contribution in [2.75, 3.05) is 18.1 Å². The summed E-state index contributed by atoms with van der Waals surface area (Å²) >= 11 is 1.92. The maximum atomic E-state index is 8.73. The fourth-order valence-corrected chi connectivity index (χ4v) is 4.51. The number of fused-ring (bicyclic) bond motifs is 2. The molecule has 15 heavy (non-hydrogen) atoms. The largest absolute Gasteiger partial charge is 0.396 e. The minimum absolute atomic E-state index is 0.340. The molecule has 3 saturated carbocycles. The van der Waals surface area contributed by atoms with Crippen LogP contribution in [0.3, 0.4) is 0 Å². The number of aliphatic hydroxyl groups excluding tert-OH is 1. The van der Waals surface area contributed by atoms with Crippen LogP contribution in [-0.4, -0.2) is 23.2 Å². The molecule has 0 aliphatic heterocycles. The summed E-state index contributed by atoms with van der Waals surface area (Å²) in [5.74, 6) is 5.19. The van der Waals surface area contributed by atoms with Gasteiger partial charge >= 0.3 is 0 Å². The second-order valence-electron chi connectivity index (χ2n) is 5.82. The third-order valence-corrected chi connectivity index (χ3v) is 5.87. The average Bonchev–Trinajstić information content (AvgIpc) is 2.24. The lowest BCUT2D eigenvalue weighted by Crippen LogP contribution is -2.52. The van der Waals surface area contributed by atoms with Crippen molar-refractivity contribution in [3.8, 4) is 0 Å². The Morgan fingerprint density at radius 2 is 2.07 bits per heavy atom. The molecule has 3 atom stereocenters. The van der Waals surface area contributed by atoms with Crippen LogP contribution < -0.4 is 0 Å². The minimum Gasteiger partial charge on any atom is -0.396 e. The molecule has 3 aliphatic rings. The van der Waals surface area contributed by atoms with Crippen LogP contribution in [0.1, 0.15) is 39.5 Å². The van der Waals surface area contributed by atoms with Crippen molar-refractivity contribution < 1.29 is 5.11 Å². The Morgan fingerprint density at radius 3 is 2.67 bits per heavy atom. The van der Waals surface area contributed by atoms with E-state index in [1.54, 1.807) is 0 Å². The SMILES string of the molecule is CC1(C)C2CCC(CCSCCO)C1C2. The molecule has 3 unspecified atom stereocenters. The van der Waals surface area contributed by atoms with Gasteiger partial charge in [-0.1, -0.05) is 13.8 Å². The van der Waals surface area contributed by atoms with Crippen LogP contribution in [0.5, 0.6) is 0 Å². The molecule has 88 valence electrons. The van der Waals surface area contributed by atoms with Crippen LogP contribution in [0.4, 0.5) is 0 Å². The van der Waals surface area contributed by atoms with Crippen LogP contribution in [0.25, 0.3) is 0 Å². The monoisotopic (exact) mass is 228 g/mol. The zero-order valence-corrected chi connectivity index (χ0v) is 10.9. The third kappa shape index (κ3) is 2.21. The van der Waals surface area contributed by atoms with E-state index in [1.807, 2.05) is 11.8 Å². The van der Waals surface area contributed by atoms with Gasteiger partial charge in [0.05, 0.1) is 6.61 Å². The number of aliphatic hydroxyl groups is 1. The lowest BCUT2D eigenvalue weighted by molar-refractivity contribution is -0.105. The zero-order chi connectivity index (χ0) is 10.9. The van der Waals surface area contributed by atoms with Crippen molar-refractivity contribution in [1.29, 1.82) is 0 Å². The molecule has 2 bridgehead atoms. The molecule has 2 heteroatoms. The molecule has 0 aromatic rings. The van der Waals surface area contributed by atoms with Gasteiger partial charge in [-0.15, -0.1) is 0 Å². The van der Waals surface area contributed by atoms with Crippen LogP contribution in [0, 0.1) is 23.2 Å². The van der Waals surface area contributed by atoms with E-state index in [2.05, 4.69) is 13.8 Å². The van der Waals surface area contributed by atoms with E-state index in [-0.39, 0.29) is 0 Å². The first kappa shape index (κ1) is 11.8. The summed E-state index contributed by atoms with van der Waals surface area (Å²) in [6, 6.07) is 0. The maximum Gasteiger partial charge on any atom is 0.0521 e. The lowest BCUT2D eigenvalue weighted by Gasteiger charge is -2.60. The van der Waals surface area contributed by atoms with E-state index in [1.165, 1.54) is 31.4 Å². The third-order valence-electron chi connectivity index (χ3n) is 4.87. The van der Waals surface area contributed by atoms with Gasteiger partial charge in [0.25, 0.3) is 0 Å². The molecule has 3 rings (SSSR count). The smallest absolute Gasteiger partial charge is 0.0521 e. The summed E-state index contributed by atoms with van der Waals surface area (Å²) in [6.45, 7) is 5.28. The van der Waals surface area contributed by atoms with Gasteiger partial charge < -0.3 is 5.11 Å². The molecule has 0 heterocycles. The molecule has 3 aliphatic carbocycles. The molecular formula is C13H24OS. The molecule has 3 fully saturated rings. The van der Waals surface area contributed by atoms with Crippen LogP contribution in [0.15, 0.2) is 0 Å². The van der Waals surface area contributed by atoms with E-state index < -0.39 is 0 Å². The van der Waals surface area contributed by atoms with Crippen molar-refractivity contribution in [3.63, 3.8) is 0 Å². The van der Waals surface area contributed by atoms with E-state index in [0.29, 0.717) is 12.0 Å². The fraction of sp³-hybridized carbons (Fsp3) is 1.00. The molecule has 1 nitrogen and oxygen atoms in total. The summed E-state index contributed by atoms with van der Waals surface area (Å²) in [5.41, 5.74) is 0.643. The predicted molar refractivity (Wildman–Crippen MR) is 67.1 cm³/mol. The second kappa shape index (κ2) is 4.67. The van der Waals surface area contributed by atoms with Gasteiger partial charge in [-0.2, -0.15) is 11.8 Å². The Morgan fingerprint density at radius 1 is 1.27 bits per heavy atom. The number of hydrogen-bond donors (Lipinski definition) is 1. The quantitative estimate of drug-likeness (QED) is 0.729. The predicted octanol–water partition coefficient (Wildman–Crippen LogP) is 3.17. The topological polar surface area (TPSA) is 20.2 Å². The van der Waals surface area contributed by atoms with Gasteiger partial charge in [-0.05, 0) is 54.6 Å². The normalized spacial score (nSPS) is 37.4. The number of hydrogen-bond acceptors (Lipinski definition) is 2. The Balaban J connectivity index is 1.74. The molecule has 0 radical (unpaired) electrons. The summed E-state index contributed by atoms with van der Waals surface area (Å²) < 4.78 is 0. The van der Waals surface area contributed by atoms with E-state index in [4.69, 9.17) is 5.11 Å². The zero-order valence-electron chi connectivity index (χ0n) is 10.0. The summed E-state index contributed by atoms with van der Waals surface area (Å²) in [6.07, 6.45) is 5.82. The van der Waals surface area contributed by atoms with E-state index in [0.717, 1.165) is 23.5 Å². The van der Waals surface area contributed by atoms with Gasteiger partial charge in [0.15, 0.2) is 0 Å². The van der Waals surface area contributed by atoms with Crippen molar-refractivity contribution in [3.05, 3.63) is 0 Å². The van der Waals surface area contributed by atoms with Crippen molar-refractivity contribution in [2.45, 2.75) is 39.5 Å².